The maximum atomic E-state index is 15.2. The maximum absolute atomic E-state index is 15.2. The summed E-state index contributed by atoms with van der Waals surface area (Å²) < 4.78 is 82.7. The molecule has 7 rings (SSSR count). The number of hydrogen-bond donors (Lipinski definition) is 2. The zero-order chi connectivity index (χ0) is 50.9. The Balaban J connectivity index is 0.000000250. The number of alkyl halides is 3. The van der Waals surface area contributed by atoms with E-state index >= 15 is 4.39 Å². The third-order valence-corrected chi connectivity index (χ3v) is 11.1. The van der Waals surface area contributed by atoms with Crippen LogP contribution >= 0.6 is 0 Å². The summed E-state index contributed by atoms with van der Waals surface area (Å²) in [5.74, 6) is -5.70. The molecule has 5 aromatic rings. The Kier molecular flexibility index (Phi) is 16.3. The van der Waals surface area contributed by atoms with Crippen LogP contribution in [0.15, 0.2) is 114 Å². The number of carboxylic acid groups (broad SMARTS) is 2. The molecule has 0 radical (unpaired) electrons. The van der Waals surface area contributed by atoms with Gasteiger partial charge in [0.25, 0.3) is 0 Å². The zero-order valence-electron chi connectivity index (χ0n) is 38.4. The summed E-state index contributed by atoms with van der Waals surface area (Å²) in [6.45, 7) is 6.53. The van der Waals surface area contributed by atoms with Crippen LogP contribution in [0, 0.1) is 19.7 Å². The second-order valence-corrected chi connectivity index (χ2v) is 15.9. The van der Waals surface area contributed by atoms with Crippen molar-refractivity contribution in [2.24, 2.45) is 4.99 Å². The third-order valence-electron chi connectivity index (χ3n) is 11.1. The number of carbonyl (C=O) groups is 5. The molecule has 2 aliphatic rings. The number of halogens is 4. The van der Waals surface area contributed by atoms with Gasteiger partial charge in [0.05, 0.1) is 42.6 Å². The first-order valence-electron chi connectivity index (χ1n) is 21.5. The lowest BCUT2D eigenvalue weighted by Gasteiger charge is -2.45. The van der Waals surface area contributed by atoms with E-state index in [9.17, 15) is 47.4 Å². The van der Waals surface area contributed by atoms with Crippen molar-refractivity contribution in [1.82, 2.24) is 4.90 Å². The number of hydrogen-bond acceptors (Lipinski definition) is 14. The van der Waals surface area contributed by atoms with Crippen LogP contribution in [0.3, 0.4) is 0 Å². The molecule has 20 heteroatoms. The van der Waals surface area contributed by atoms with Crippen LogP contribution in [0.25, 0.3) is 0 Å². The molecular formula is C50H48F4N4O12. The Morgan fingerprint density at radius 1 is 0.714 bits per heavy atom. The van der Waals surface area contributed by atoms with Crippen LogP contribution < -0.4 is 19.3 Å². The molecular weight excluding hydrogens is 925 g/mol. The minimum atomic E-state index is -4.63. The Labute approximate surface area is 399 Å². The van der Waals surface area contributed by atoms with Crippen LogP contribution in [0.5, 0.6) is 11.5 Å². The van der Waals surface area contributed by atoms with E-state index < -0.39 is 65.7 Å². The summed E-state index contributed by atoms with van der Waals surface area (Å²) in [4.78, 5) is 69.5. The van der Waals surface area contributed by atoms with Gasteiger partial charge in [-0.15, -0.1) is 0 Å². The normalized spacial score (nSPS) is 15.2. The molecule has 70 heavy (non-hydrogen) atoms. The number of carbonyl (C=O) groups excluding carboxylic acids is 3. The van der Waals surface area contributed by atoms with E-state index in [0.717, 1.165) is 34.7 Å². The number of guanidine groups is 1. The highest BCUT2D eigenvalue weighted by atomic mass is 19.4. The molecule has 2 heterocycles. The summed E-state index contributed by atoms with van der Waals surface area (Å²) in [5.41, 5.74) is 2.34. The number of benzene rings is 5. The van der Waals surface area contributed by atoms with Crippen LogP contribution in [-0.2, 0) is 34.8 Å². The molecule has 16 nitrogen and oxygen atoms in total. The fourth-order valence-electron chi connectivity index (χ4n) is 7.47. The number of aryl methyl sites for hydroxylation is 2. The molecule has 0 bridgehead atoms. The number of para-hydroxylation sites is 1. The van der Waals surface area contributed by atoms with Gasteiger partial charge in [-0.2, -0.15) is 13.2 Å². The minimum Gasteiger partial charge on any atom is -0.497 e. The predicted molar refractivity (Wildman–Crippen MR) is 246 cm³/mol. The van der Waals surface area contributed by atoms with Crippen molar-refractivity contribution < 1.29 is 75.4 Å². The molecule has 1 saturated heterocycles. The van der Waals surface area contributed by atoms with Crippen molar-refractivity contribution in [3.05, 3.63) is 148 Å². The van der Waals surface area contributed by atoms with E-state index in [4.69, 9.17) is 23.7 Å². The number of piperazine rings is 1. The average molecular weight is 973 g/mol. The first-order chi connectivity index (χ1) is 33.3. The lowest BCUT2D eigenvalue weighted by molar-refractivity contribution is -0.166. The topological polar surface area (TPSA) is 194 Å². The number of aliphatic carboxylic acids is 2. The number of nitrogens with zero attached hydrogens (tertiary/aromatic N) is 4. The van der Waals surface area contributed by atoms with E-state index in [0.29, 0.717) is 31.7 Å². The van der Waals surface area contributed by atoms with Gasteiger partial charge in [0.15, 0.2) is 0 Å². The summed E-state index contributed by atoms with van der Waals surface area (Å²) in [5, 5.41) is 18.6. The zero-order valence-corrected chi connectivity index (χ0v) is 38.4. The van der Waals surface area contributed by atoms with Gasteiger partial charge in [-0.3, -0.25) is 9.69 Å². The minimum absolute atomic E-state index is 0.0332. The number of ether oxygens (including phenoxy) is 5. The van der Waals surface area contributed by atoms with Crippen molar-refractivity contribution in [3.63, 3.8) is 0 Å². The van der Waals surface area contributed by atoms with Crippen LogP contribution in [0.2, 0.25) is 0 Å². The standard InChI is InChI=1S/C30H30F4N4O4.C20H18O8/c1-19(39)42-18-26-23-8-5-9-24(31)28(23)35-29(38(26)25-16-20(30(32,33)34)10-11-27(25)41-3)37-14-12-36(13-15-37)21-6-4-7-22(17-21)40-2;1-11-3-7-13(8-4-11)19(25)27-15(17(21)22)16(18(23)24)28-20(26)14-9-5-12(2)6-10-14/h4-11,16-17,26H,12-15,18H2,1-3H3;3-10,15-16H,1-2H3,(H,21,22)(H,23,24)/t26-;/m1./s1. The van der Waals surface area contributed by atoms with Gasteiger partial charge in [0.1, 0.15) is 29.6 Å². The molecule has 368 valence electrons. The SMILES string of the molecule is COc1cccc(N2CCN(C3=Nc4c(F)cccc4[C@@H](COC(C)=O)N3c3cc(C(F)(F)F)ccc3OC)CC2)c1.Cc1ccc(C(=O)OC(C(=O)O)C(OC(=O)c2ccc(C)cc2)C(=O)O)cc1. The summed E-state index contributed by atoms with van der Waals surface area (Å²) in [6.07, 6.45) is -9.08. The quantitative estimate of drug-likeness (QED) is 0.0654. The molecule has 0 aromatic heterocycles. The van der Waals surface area contributed by atoms with Gasteiger partial charge in [-0.25, -0.2) is 28.6 Å². The second-order valence-electron chi connectivity index (χ2n) is 15.9. The molecule has 0 spiro atoms. The van der Waals surface area contributed by atoms with Crippen molar-refractivity contribution in [2.75, 3.05) is 56.8 Å². The highest BCUT2D eigenvalue weighted by molar-refractivity contribution is 6.02. The van der Waals surface area contributed by atoms with E-state index in [1.165, 1.54) is 56.5 Å². The fraction of sp³-hybridized carbons (Fsp3) is 0.280. The Hall–Kier alpha value is -8.16. The molecule has 0 saturated carbocycles. The first-order valence-corrected chi connectivity index (χ1v) is 21.5. The van der Waals surface area contributed by atoms with E-state index in [1.807, 2.05) is 29.2 Å². The van der Waals surface area contributed by atoms with Gasteiger partial charge in [-0.1, -0.05) is 53.6 Å². The monoisotopic (exact) mass is 972 g/mol. The van der Waals surface area contributed by atoms with Crippen LogP contribution in [0.4, 0.5) is 34.6 Å². The molecule has 2 aliphatic heterocycles. The second kappa shape index (κ2) is 22.3. The van der Waals surface area contributed by atoms with E-state index in [-0.39, 0.29) is 40.8 Å². The van der Waals surface area contributed by atoms with Gasteiger partial charge in [0, 0.05) is 50.4 Å². The number of fused-ring (bicyclic) bond motifs is 1. The Morgan fingerprint density at radius 2 is 1.26 bits per heavy atom. The molecule has 2 unspecified atom stereocenters. The number of methoxy groups -OCH3 is 2. The molecule has 1 fully saturated rings. The summed E-state index contributed by atoms with van der Waals surface area (Å²) in [6, 6.07) is 26.4. The number of carboxylic acids is 2. The van der Waals surface area contributed by atoms with Crippen LogP contribution in [0.1, 0.15) is 55.9 Å². The number of rotatable bonds is 13. The van der Waals surface area contributed by atoms with Crippen molar-refractivity contribution >= 4 is 52.9 Å². The largest absolute Gasteiger partial charge is 0.497 e. The highest BCUT2D eigenvalue weighted by Gasteiger charge is 2.42. The molecule has 0 amide bonds. The third kappa shape index (κ3) is 12.3. The molecule has 5 aromatic carbocycles. The summed E-state index contributed by atoms with van der Waals surface area (Å²) >= 11 is 0. The van der Waals surface area contributed by atoms with Crippen molar-refractivity contribution in [1.29, 1.82) is 0 Å². The maximum Gasteiger partial charge on any atom is 0.416 e. The molecule has 3 atom stereocenters. The smallest absolute Gasteiger partial charge is 0.416 e. The van der Waals surface area contributed by atoms with Gasteiger partial charge in [0.2, 0.25) is 18.2 Å². The number of aliphatic imine (C=N–C) groups is 1. The van der Waals surface area contributed by atoms with Gasteiger partial charge >= 0.3 is 36.0 Å². The highest BCUT2D eigenvalue weighted by Crippen LogP contribution is 2.45. The number of anilines is 2. The van der Waals surface area contributed by atoms with E-state index in [2.05, 4.69) is 9.89 Å². The average Bonchev–Trinajstić information content (AvgIpc) is 3.34. The molecule has 2 N–H and O–H groups in total. The van der Waals surface area contributed by atoms with Crippen molar-refractivity contribution in [3.8, 4) is 11.5 Å². The first kappa shape index (κ1) is 51.2. The fourth-order valence-corrected chi connectivity index (χ4v) is 7.47. The molecule has 0 aliphatic carbocycles. The predicted octanol–water partition coefficient (Wildman–Crippen LogP) is 8.02. The summed E-state index contributed by atoms with van der Waals surface area (Å²) in [7, 11) is 2.95. The van der Waals surface area contributed by atoms with E-state index in [1.54, 1.807) is 56.2 Å². The lowest BCUT2D eigenvalue weighted by Crippen LogP contribution is -2.56. The van der Waals surface area contributed by atoms with Crippen LogP contribution in [-0.4, -0.2) is 110 Å². The Bertz CT molecular complexity index is 2670. The number of esters is 3. The lowest BCUT2D eigenvalue weighted by atomic mass is 9.99. The van der Waals surface area contributed by atoms with Crippen molar-refractivity contribution in [2.45, 2.75) is 45.2 Å². The van der Waals surface area contributed by atoms with Gasteiger partial charge in [-0.05, 0) is 74.5 Å². The van der Waals surface area contributed by atoms with Gasteiger partial charge < -0.3 is 43.7 Å². The Morgan fingerprint density at radius 3 is 1.76 bits per heavy atom.